The number of nitrogens with one attached hydrogen (secondary N) is 1. The van der Waals surface area contributed by atoms with E-state index in [2.05, 4.69) is 5.32 Å². The van der Waals surface area contributed by atoms with Crippen LogP contribution in [0.15, 0.2) is 12.1 Å². The van der Waals surface area contributed by atoms with E-state index in [0.29, 0.717) is 0 Å². The number of carbonyl (C=O) groups excluding carboxylic acids is 2. The molecule has 4 nitrogen and oxygen atoms in total. The van der Waals surface area contributed by atoms with Crippen LogP contribution in [0, 0.1) is 23.4 Å². The molecule has 112 valence electrons. The Labute approximate surface area is 118 Å². The molecule has 1 aromatic carbocycles. The maximum atomic E-state index is 13.3. The molecule has 21 heavy (non-hydrogen) atoms. The number of amides is 2. The minimum Gasteiger partial charge on any atom is -0.344 e. The lowest BCUT2D eigenvalue weighted by Crippen LogP contribution is -2.46. The zero-order valence-corrected chi connectivity index (χ0v) is 11.0. The van der Waals surface area contributed by atoms with Crippen molar-refractivity contribution in [2.24, 2.45) is 5.92 Å². The van der Waals surface area contributed by atoms with E-state index in [1.165, 1.54) is 0 Å². The van der Waals surface area contributed by atoms with Gasteiger partial charge in [0.15, 0.2) is 17.5 Å². The average molecular weight is 298 g/mol. The second-order valence-electron chi connectivity index (χ2n) is 5.35. The first kappa shape index (κ1) is 13.9. The van der Waals surface area contributed by atoms with Crippen LogP contribution >= 0.6 is 0 Å². The van der Waals surface area contributed by atoms with Crippen LogP contribution in [-0.2, 0) is 9.59 Å². The summed E-state index contributed by atoms with van der Waals surface area (Å²) in [7, 11) is 0. The summed E-state index contributed by atoms with van der Waals surface area (Å²) in [6.07, 6.45) is 1.70. The molecule has 1 aliphatic carbocycles. The summed E-state index contributed by atoms with van der Waals surface area (Å²) in [4.78, 5) is 25.2. The highest BCUT2D eigenvalue weighted by atomic mass is 19.2. The molecule has 2 amide bonds. The predicted molar refractivity (Wildman–Crippen MR) is 67.9 cm³/mol. The van der Waals surface area contributed by atoms with Gasteiger partial charge in [-0.25, -0.2) is 13.2 Å². The second-order valence-corrected chi connectivity index (χ2v) is 5.35. The van der Waals surface area contributed by atoms with E-state index in [1.54, 1.807) is 0 Å². The van der Waals surface area contributed by atoms with Gasteiger partial charge in [0.1, 0.15) is 6.04 Å². The third-order valence-electron chi connectivity index (χ3n) is 3.78. The third-order valence-corrected chi connectivity index (χ3v) is 3.78. The quantitative estimate of drug-likeness (QED) is 0.846. The van der Waals surface area contributed by atoms with Crippen molar-refractivity contribution < 1.29 is 22.8 Å². The number of halogens is 3. The van der Waals surface area contributed by atoms with Gasteiger partial charge in [0, 0.05) is 30.8 Å². The first-order valence-electron chi connectivity index (χ1n) is 6.72. The first-order valence-corrected chi connectivity index (χ1v) is 6.72. The van der Waals surface area contributed by atoms with E-state index in [-0.39, 0.29) is 30.5 Å². The van der Waals surface area contributed by atoms with Crippen molar-refractivity contribution in [3.8, 4) is 0 Å². The highest BCUT2D eigenvalue weighted by Gasteiger charge is 2.41. The van der Waals surface area contributed by atoms with Crippen LogP contribution in [0.3, 0.4) is 0 Å². The molecule has 0 bridgehead atoms. The molecule has 0 radical (unpaired) electrons. The highest BCUT2D eigenvalue weighted by Crippen LogP contribution is 2.35. The molecule has 2 aliphatic rings. The van der Waals surface area contributed by atoms with E-state index in [4.69, 9.17) is 0 Å². The summed E-state index contributed by atoms with van der Waals surface area (Å²) in [6.45, 7) is 0.0123. The van der Waals surface area contributed by atoms with E-state index in [0.717, 1.165) is 29.9 Å². The van der Waals surface area contributed by atoms with E-state index < -0.39 is 29.4 Å². The normalized spacial score (nSPS) is 23.0. The molecule has 1 aliphatic heterocycles. The molecular formula is C14H13F3N2O2. The lowest BCUT2D eigenvalue weighted by molar-refractivity contribution is -0.126. The summed E-state index contributed by atoms with van der Waals surface area (Å²) in [5.74, 6) is -4.90. The van der Waals surface area contributed by atoms with Crippen molar-refractivity contribution in [3.05, 3.63) is 29.6 Å². The zero-order valence-electron chi connectivity index (χ0n) is 11.0. The van der Waals surface area contributed by atoms with Crippen LogP contribution < -0.4 is 10.2 Å². The molecule has 1 unspecified atom stereocenters. The Kier molecular flexibility index (Phi) is 3.35. The van der Waals surface area contributed by atoms with Crippen molar-refractivity contribution in [2.75, 3.05) is 11.4 Å². The van der Waals surface area contributed by atoms with Gasteiger partial charge in [-0.15, -0.1) is 0 Å². The smallest absolute Gasteiger partial charge is 0.249 e. The Morgan fingerprint density at radius 1 is 1.10 bits per heavy atom. The number of rotatable bonds is 2. The third kappa shape index (κ3) is 2.59. The summed E-state index contributed by atoms with van der Waals surface area (Å²) >= 11 is 0. The first-order chi connectivity index (χ1) is 9.97. The van der Waals surface area contributed by atoms with Gasteiger partial charge in [-0.05, 0) is 18.8 Å². The van der Waals surface area contributed by atoms with Crippen LogP contribution in [0.25, 0.3) is 0 Å². The molecule has 1 saturated heterocycles. The molecule has 3 rings (SSSR count). The number of hydrogen-bond acceptors (Lipinski definition) is 2. The van der Waals surface area contributed by atoms with Gasteiger partial charge < -0.3 is 10.2 Å². The van der Waals surface area contributed by atoms with Crippen LogP contribution in [0.2, 0.25) is 0 Å². The van der Waals surface area contributed by atoms with Crippen LogP contribution in [0.1, 0.15) is 19.3 Å². The number of nitrogens with zero attached hydrogens (tertiary/aromatic N) is 1. The van der Waals surface area contributed by atoms with Gasteiger partial charge >= 0.3 is 0 Å². The van der Waals surface area contributed by atoms with Crippen molar-refractivity contribution in [2.45, 2.75) is 25.3 Å². The molecule has 1 heterocycles. The molecule has 1 aromatic rings. The van der Waals surface area contributed by atoms with Gasteiger partial charge in [-0.1, -0.05) is 0 Å². The van der Waals surface area contributed by atoms with Gasteiger partial charge in [0.2, 0.25) is 11.8 Å². The Morgan fingerprint density at radius 2 is 1.71 bits per heavy atom. The highest BCUT2D eigenvalue weighted by molar-refractivity contribution is 6.01. The fourth-order valence-electron chi connectivity index (χ4n) is 2.50. The predicted octanol–water partition coefficient (Wildman–Crippen LogP) is 1.74. The van der Waals surface area contributed by atoms with Gasteiger partial charge in [-0.3, -0.25) is 9.59 Å². The van der Waals surface area contributed by atoms with Crippen LogP contribution in [0.5, 0.6) is 0 Å². The summed E-state index contributed by atoms with van der Waals surface area (Å²) in [5, 5.41) is 2.64. The zero-order chi connectivity index (χ0) is 15.1. The number of benzene rings is 1. The number of carbonyl (C=O) groups is 2. The molecular weight excluding hydrogens is 285 g/mol. The standard InChI is InChI=1S/C14H13F3N2O2/c15-9-5-8(6-10(16)12(9)17)19-4-3-11(20)18-13(14(19)21)7-1-2-7/h5-7,13H,1-4H2,(H,18,20). The van der Waals surface area contributed by atoms with E-state index in [1.807, 2.05) is 0 Å². The lowest BCUT2D eigenvalue weighted by Gasteiger charge is -2.24. The van der Waals surface area contributed by atoms with Gasteiger partial charge in [-0.2, -0.15) is 0 Å². The maximum Gasteiger partial charge on any atom is 0.249 e. The Bertz CT molecular complexity index is 593. The van der Waals surface area contributed by atoms with Crippen molar-refractivity contribution in [1.29, 1.82) is 0 Å². The van der Waals surface area contributed by atoms with Crippen molar-refractivity contribution in [1.82, 2.24) is 5.32 Å². The molecule has 1 saturated carbocycles. The Balaban J connectivity index is 1.95. The minimum atomic E-state index is -1.58. The van der Waals surface area contributed by atoms with Gasteiger partial charge in [0.25, 0.3) is 0 Å². The summed E-state index contributed by atoms with van der Waals surface area (Å²) in [6, 6.07) is 0.878. The fraction of sp³-hybridized carbons (Fsp3) is 0.429. The van der Waals surface area contributed by atoms with Gasteiger partial charge in [0.05, 0.1) is 0 Å². The average Bonchev–Trinajstić information content (AvgIpc) is 3.25. The molecule has 7 heteroatoms. The fourth-order valence-corrected chi connectivity index (χ4v) is 2.50. The Morgan fingerprint density at radius 3 is 2.29 bits per heavy atom. The summed E-state index contributed by atoms with van der Waals surface area (Å²) < 4.78 is 39.7. The molecule has 2 fully saturated rings. The SMILES string of the molecule is O=C1CCN(c2cc(F)c(F)c(F)c2)C(=O)C(C2CC2)N1. The molecule has 0 spiro atoms. The molecule has 1 atom stereocenters. The Hall–Kier alpha value is -2.05. The summed E-state index contributed by atoms with van der Waals surface area (Å²) in [5.41, 5.74) is -0.0708. The van der Waals surface area contributed by atoms with Crippen molar-refractivity contribution in [3.63, 3.8) is 0 Å². The van der Waals surface area contributed by atoms with Crippen molar-refractivity contribution >= 4 is 17.5 Å². The maximum absolute atomic E-state index is 13.3. The van der Waals surface area contributed by atoms with E-state index >= 15 is 0 Å². The minimum absolute atomic E-state index is 0.0123. The lowest BCUT2D eigenvalue weighted by atomic mass is 10.1. The number of anilines is 1. The van der Waals surface area contributed by atoms with Crippen LogP contribution in [-0.4, -0.2) is 24.4 Å². The largest absolute Gasteiger partial charge is 0.344 e. The number of hydrogen-bond donors (Lipinski definition) is 1. The van der Waals surface area contributed by atoms with Crippen LogP contribution in [0.4, 0.5) is 18.9 Å². The molecule has 1 N–H and O–H groups in total. The topological polar surface area (TPSA) is 49.4 Å². The monoisotopic (exact) mass is 298 g/mol. The second kappa shape index (κ2) is 5.05. The molecule has 0 aromatic heterocycles. The van der Waals surface area contributed by atoms with E-state index in [9.17, 15) is 22.8 Å².